The van der Waals surface area contributed by atoms with Gasteiger partial charge in [-0.1, -0.05) is 237 Å². The van der Waals surface area contributed by atoms with Gasteiger partial charge in [-0.15, -0.1) is 0 Å². The SMILES string of the molecule is CCCCCCCCC/C=C/C(O)C(COC1OC(CO)C(O)C(O)C1O)NC(=O)CCCCCCCCC/C=C\CCCCCCCCCCOC(=O)CCCCCCCCCCCCCCCCC. The van der Waals surface area contributed by atoms with Gasteiger partial charge in [0.2, 0.25) is 5.91 Å². The Morgan fingerprint density at radius 2 is 0.901 bits per heavy atom. The number of aliphatic hydroxyl groups is 5. The summed E-state index contributed by atoms with van der Waals surface area (Å²) in [4.78, 5) is 25.1. The largest absolute Gasteiger partial charge is 0.466 e. The number of aliphatic hydroxyl groups excluding tert-OH is 5. The molecule has 0 radical (unpaired) electrons. The van der Waals surface area contributed by atoms with Crippen molar-refractivity contribution in [3.05, 3.63) is 24.3 Å². The van der Waals surface area contributed by atoms with Gasteiger partial charge in [-0.05, 0) is 57.8 Å². The fraction of sp³-hybridized carbons (Fsp3) is 0.900. The molecule has 418 valence electrons. The molecule has 1 amide bonds. The van der Waals surface area contributed by atoms with Gasteiger partial charge in [0.15, 0.2) is 6.29 Å². The first-order valence-corrected chi connectivity index (χ1v) is 30.1. The van der Waals surface area contributed by atoms with Crippen molar-refractivity contribution >= 4 is 11.9 Å². The number of esters is 1. The van der Waals surface area contributed by atoms with Crippen LogP contribution in [0.15, 0.2) is 24.3 Å². The molecule has 1 fully saturated rings. The van der Waals surface area contributed by atoms with Crippen molar-refractivity contribution in [2.75, 3.05) is 19.8 Å². The summed E-state index contributed by atoms with van der Waals surface area (Å²) in [5.41, 5.74) is 0. The zero-order chi connectivity index (χ0) is 51.7. The number of amides is 1. The Hall–Kier alpha value is -1.86. The molecule has 1 rings (SSSR count). The van der Waals surface area contributed by atoms with E-state index in [-0.39, 0.29) is 18.5 Å². The Kier molecular flexibility index (Phi) is 47.6. The maximum absolute atomic E-state index is 13.0. The van der Waals surface area contributed by atoms with Crippen LogP contribution in [0.2, 0.25) is 0 Å². The average molecular weight is 1010 g/mol. The van der Waals surface area contributed by atoms with E-state index in [9.17, 15) is 35.1 Å². The zero-order valence-electron chi connectivity index (χ0n) is 45.9. The van der Waals surface area contributed by atoms with E-state index in [4.69, 9.17) is 14.2 Å². The van der Waals surface area contributed by atoms with Gasteiger partial charge in [-0.25, -0.2) is 0 Å². The number of rotatable bonds is 52. The van der Waals surface area contributed by atoms with Crippen molar-refractivity contribution in [2.24, 2.45) is 0 Å². The standard InChI is InChI=1S/C60H113NO10/c1-3-5-7-9-11-13-14-15-21-25-28-32-36-40-44-48-56(65)69-49-45-41-37-33-29-26-23-20-18-16-17-19-22-24-27-31-35-39-43-47-55(64)61-52(53(63)46-42-38-34-30-12-10-8-6-4-2)51-70-60-59(68)58(67)57(66)54(50-62)71-60/h16-17,42,46,52-54,57-60,62-63,66-68H,3-15,18-41,43-45,47-51H2,1-2H3,(H,61,64)/b17-16-,46-42+. The van der Waals surface area contributed by atoms with E-state index in [1.807, 2.05) is 6.08 Å². The normalized spacial score (nSPS) is 19.2. The third kappa shape index (κ3) is 40.2. The molecule has 0 aromatic carbocycles. The van der Waals surface area contributed by atoms with E-state index in [0.717, 1.165) is 77.0 Å². The fourth-order valence-corrected chi connectivity index (χ4v) is 9.49. The third-order valence-electron chi connectivity index (χ3n) is 14.3. The molecule has 6 N–H and O–H groups in total. The summed E-state index contributed by atoms with van der Waals surface area (Å²) >= 11 is 0. The molecule has 0 aliphatic carbocycles. The number of carbonyl (C=O) groups excluding carboxylic acids is 2. The minimum Gasteiger partial charge on any atom is -0.466 e. The third-order valence-corrected chi connectivity index (χ3v) is 14.3. The van der Waals surface area contributed by atoms with Gasteiger partial charge in [-0.3, -0.25) is 9.59 Å². The molecule has 1 saturated heterocycles. The van der Waals surface area contributed by atoms with Gasteiger partial charge in [0.05, 0.1) is 32.0 Å². The van der Waals surface area contributed by atoms with E-state index in [0.29, 0.717) is 19.4 Å². The lowest BCUT2D eigenvalue weighted by molar-refractivity contribution is -0.302. The number of carbonyl (C=O) groups is 2. The van der Waals surface area contributed by atoms with E-state index in [2.05, 4.69) is 31.3 Å². The Bertz CT molecular complexity index is 1230. The Morgan fingerprint density at radius 3 is 1.35 bits per heavy atom. The summed E-state index contributed by atoms with van der Waals surface area (Å²) in [6.45, 7) is 4.31. The van der Waals surface area contributed by atoms with Crippen molar-refractivity contribution in [3.63, 3.8) is 0 Å². The van der Waals surface area contributed by atoms with E-state index in [1.54, 1.807) is 6.08 Å². The number of hydrogen-bond acceptors (Lipinski definition) is 10. The van der Waals surface area contributed by atoms with Crippen molar-refractivity contribution in [1.82, 2.24) is 5.32 Å². The predicted octanol–water partition coefficient (Wildman–Crippen LogP) is 13.7. The first kappa shape index (κ1) is 67.2. The number of unbranched alkanes of at least 4 members (excludes halogenated alkanes) is 36. The van der Waals surface area contributed by atoms with Crippen LogP contribution in [0.3, 0.4) is 0 Å². The van der Waals surface area contributed by atoms with E-state index >= 15 is 0 Å². The maximum Gasteiger partial charge on any atom is 0.305 e. The van der Waals surface area contributed by atoms with Crippen LogP contribution in [0.4, 0.5) is 0 Å². The van der Waals surface area contributed by atoms with Crippen molar-refractivity contribution in [2.45, 2.75) is 326 Å². The molecular weight excluding hydrogens is 895 g/mol. The molecule has 0 aromatic rings. The first-order chi connectivity index (χ1) is 34.7. The van der Waals surface area contributed by atoms with Crippen LogP contribution in [-0.4, -0.2) is 100 Å². The highest BCUT2D eigenvalue weighted by Gasteiger charge is 2.44. The molecule has 1 aliphatic heterocycles. The van der Waals surface area contributed by atoms with E-state index < -0.39 is 49.5 Å². The zero-order valence-corrected chi connectivity index (χ0v) is 45.9. The summed E-state index contributed by atoms with van der Waals surface area (Å²) in [6.07, 6.45) is 50.0. The second kappa shape index (κ2) is 50.3. The van der Waals surface area contributed by atoms with Crippen molar-refractivity contribution in [3.8, 4) is 0 Å². The van der Waals surface area contributed by atoms with Crippen molar-refractivity contribution in [1.29, 1.82) is 0 Å². The predicted molar refractivity (Wildman–Crippen MR) is 292 cm³/mol. The van der Waals surface area contributed by atoms with Crippen LogP contribution >= 0.6 is 0 Å². The molecule has 0 spiro atoms. The van der Waals surface area contributed by atoms with Crippen molar-refractivity contribution < 1.29 is 49.3 Å². The highest BCUT2D eigenvalue weighted by atomic mass is 16.7. The quantitative estimate of drug-likeness (QED) is 0.0195. The number of hydrogen-bond donors (Lipinski definition) is 6. The van der Waals surface area contributed by atoms with Gasteiger partial charge in [0, 0.05) is 12.8 Å². The lowest BCUT2D eigenvalue weighted by Gasteiger charge is -2.40. The molecule has 11 heteroatoms. The van der Waals surface area contributed by atoms with Crippen LogP contribution in [0.25, 0.3) is 0 Å². The van der Waals surface area contributed by atoms with Gasteiger partial charge in [0.1, 0.15) is 24.4 Å². The number of ether oxygens (including phenoxy) is 3. The van der Waals surface area contributed by atoms with Crippen LogP contribution in [0.5, 0.6) is 0 Å². The molecule has 1 aliphatic rings. The lowest BCUT2D eigenvalue weighted by Crippen LogP contribution is -2.60. The van der Waals surface area contributed by atoms with Crippen LogP contribution in [0.1, 0.15) is 284 Å². The highest BCUT2D eigenvalue weighted by Crippen LogP contribution is 2.23. The summed E-state index contributed by atoms with van der Waals surface area (Å²) in [6, 6.07) is -0.815. The van der Waals surface area contributed by atoms with Crippen LogP contribution in [-0.2, 0) is 23.8 Å². The molecule has 7 unspecified atom stereocenters. The molecule has 71 heavy (non-hydrogen) atoms. The Balaban J connectivity index is 2.02. The number of nitrogens with one attached hydrogen (secondary N) is 1. The molecule has 0 aromatic heterocycles. The van der Waals surface area contributed by atoms with E-state index in [1.165, 1.54) is 180 Å². The molecule has 1 heterocycles. The minimum atomic E-state index is -1.57. The Morgan fingerprint density at radius 1 is 0.507 bits per heavy atom. The van der Waals surface area contributed by atoms with Gasteiger partial charge >= 0.3 is 5.97 Å². The van der Waals surface area contributed by atoms with Gasteiger partial charge in [-0.2, -0.15) is 0 Å². The summed E-state index contributed by atoms with van der Waals surface area (Å²) < 4.78 is 16.7. The second-order valence-corrected chi connectivity index (χ2v) is 21.1. The molecule has 11 nitrogen and oxygen atoms in total. The van der Waals surface area contributed by atoms with Crippen LogP contribution in [0, 0.1) is 0 Å². The first-order valence-electron chi connectivity index (χ1n) is 30.1. The highest BCUT2D eigenvalue weighted by molar-refractivity contribution is 5.76. The monoisotopic (exact) mass is 1010 g/mol. The van der Waals surface area contributed by atoms with Crippen LogP contribution < -0.4 is 5.32 Å². The van der Waals surface area contributed by atoms with Gasteiger partial charge in [0.25, 0.3) is 0 Å². The topological polar surface area (TPSA) is 175 Å². The molecule has 0 saturated carbocycles. The minimum absolute atomic E-state index is 0.00803. The average Bonchev–Trinajstić information content (AvgIpc) is 3.37. The number of allylic oxidation sites excluding steroid dienone is 3. The summed E-state index contributed by atoms with van der Waals surface area (Å²) in [5.74, 6) is -0.201. The molecule has 7 atom stereocenters. The Labute approximate surface area is 435 Å². The summed E-state index contributed by atoms with van der Waals surface area (Å²) in [7, 11) is 0. The second-order valence-electron chi connectivity index (χ2n) is 21.1. The summed E-state index contributed by atoms with van der Waals surface area (Å²) in [5, 5.41) is 54.2. The maximum atomic E-state index is 13.0. The smallest absolute Gasteiger partial charge is 0.305 e. The lowest BCUT2D eigenvalue weighted by atomic mass is 9.99. The molecular formula is C60H113NO10. The van der Waals surface area contributed by atoms with Gasteiger partial charge < -0.3 is 45.1 Å². The fourth-order valence-electron chi connectivity index (χ4n) is 9.49. The molecule has 0 bridgehead atoms.